The highest BCUT2D eigenvalue weighted by Crippen LogP contribution is 2.37. The second-order valence-corrected chi connectivity index (χ2v) is 9.88. The van der Waals surface area contributed by atoms with Gasteiger partial charge in [-0.15, -0.1) is 0 Å². The Kier molecular flexibility index (Phi) is 7.78. The van der Waals surface area contributed by atoms with Crippen LogP contribution in [0.3, 0.4) is 0 Å². The number of aliphatic hydroxyl groups excluding tert-OH is 2. The Hall–Kier alpha value is -4.71. The first-order valence-corrected chi connectivity index (χ1v) is 13.2. The van der Waals surface area contributed by atoms with Crippen molar-refractivity contribution in [3.05, 3.63) is 138 Å². The number of rotatable bonds is 8. The summed E-state index contributed by atoms with van der Waals surface area (Å²) in [4.78, 5) is 13.5. The zero-order chi connectivity index (χ0) is 28.2. The van der Waals surface area contributed by atoms with Crippen molar-refractivity contribution in [3.63, 3.8) is 0 Å². The third-order valence-electron chi connectivity index (χ3n) is 7.08. The number of anilines is 3. The summed E-state index contributed by atoms with van der Waals surface area (Å²) in [6.45, 7) is 3.50. The van der Waals surface area contributed by atoms with E-state index in [9.17, 15) is 20.1 Å². The number of nitrogens with zero attached hydrogens (tertiary/aromatic N) is 1. The number of carboxylic acid groups (broad SMARTS) is 1. The van der Waals surface area contributed by atoms with E-state index in [1.807, 2.05) is 84.9 Å². The lowest BCUT2D eigenvalue weighted by molar-refractivity contribution is 0.0697. The van der Waals surface area contributed by atoms with Crippen molar-refractivity contribution in [2.24, 2.45) is 0 Å². The molecule has 3 N–H and O–H groups in total. The number of carboxylic acids is 1. The van der Waals surface area contributed by atoms with Gasteiger partial charge in [0.15, 0.2) is 0 Å². The molecule has 0 fully saturated rings. The van der Waals surface area contributed by atoms with Crippen molar-refractivity contribution in [3.8, 4) is 22.3 Å². The van der Waals surface area contributed by atoms with Crippen LogP contribution in [-0.4, -0.2) is 21.3 Å². The minimum atomic E-state index is -0.963. The molecule has 200 valence electrons. The van der Waals surface area contributed by atoms with Crippen LogP contribution < -0.4 is 4.90 Å². The molecule has 5 heteroatoms. The molecule has 0 aliphatic carbocycles. The van der Waals surface area contributed by atoms with Crippen LogP contribution in [0.15, 0.2) is 121 Å². The maximum Gasteiger partial charge on any atom is 0.335 e. The maximum atomic E-state index is 11.4. The first-order chi connectivity index (χ1) is 19.3. The largest absolute Gasteiger partial charge is 0.478 e. The predicted octanol–water partition coefficient (Wildman–Crippen LogP) is 8.30. The van der Waals surface area contributed by atoms with Crippen molar-refractivity contribution in [2.45, 2.75) is 26.1 Å². The summed E-state index contributed by atoms with van der Waals surface area (Å²) in [5.41, 5.74) is 8.90. The van der Waals surface area contributed by atoms with Gasteiger partial charge in [-0.25, -0.2) is 4.79 Å². The zero-order valence-electron chi connectivity index (χ0n) is 22.4. The molecule has 5 aromatic rings. The highest BCUT2D eigenvalue weighted by molar-refractivity contribution is 5.89. The van der Waals surface area contributed by atoms with E-state index < -0.39 is 18.2 Å². The lowest BCUT2D eigenvalue weighted by atomic mass is 10.0. The van der Waals surface area contributed by atoms with Gasteiger partial charge in [0.25, 0.3) is 0 Å². The molecule has 0 amide bonds. The van der Waals surface area contributed by atoms with E-state index in [1.165, 1.54) is 0 Å². The van der Waals surface area contributed by atoms with Gasteiger partial charge in [-0.3, -0.25) is 0 Å². The summed E-state index contributed by atoms with van der Waals surface area (Å²) in [5, 5.41) is 29.0. The van der Waals surface area contributed by atoms with E-state index in [0.29, 0.717) is 0 Å². The number of aromatic carboxylic acids is 1. The number of aliphatic hydroxyl groups is 2. The normalized spacial score (nSPS) is 12.5. The van der Waals surface area contributed by atoms with E-state index in [2.05, 4.69) is 29.2 Å². The Bertz CT molecular complexity index is 1480. The summed E-state index contributed by atoms with van der Waals surface area (Å²) in [6, 6.07) is 39.0. The molecular weight excluding hydrogens is 498 g/mol. The van der Waals surface area contributed by atoms with Crippen molar-refractivity contribution in [2.75, 3.05) is 4.90 Å². The van der Waals surface area contributed by atoms with E-state index in [1.54, 1.807) is 26.0 Å². The second kappa shape index (κ2) is 11.6. The minimum absolute atomic E-state index is 0.232. The van der Waals surface area contributed by atoms with Crippen molar-refractivity contribution >= 4 is 23.0 Å². The highest BCUT2D eigenvalue weighted by atomic mass is 16.4. The van der Waals surface area contributed by atoms with Crippen LogP contribution in [-0.2, 0) is 0 Å². The van der Waals surface area contributed by atoms with Gasteiger partial charge < -0.3 is 20.2 Å². The van der Waals surface area contributed by atoms with Gasteiger partial charge in [0.1, 0.15) is 0 Å². The standard InChI is InChI=1S/C35H31NO4/c1-23(37)25-3-7-27(8-4-25)29-11-17-32(18-12-29)36(34-21-15-31(16-22-34)35(39)40)33-19-13-30(14-20-33)28-9-5-26(6-10-28)24(2)38/h3-24,37-38H,1-2H3,(H,39,40). The van der Waals surface area contributed by atoms with Crippen molar-refractivity contribution < 1.29 is 20.1 Å². The van der Waals surface area contributed by atoms with Crippen LogP contribution in [0.2, 0.25) is 0 Å². The molecule has 0 bridgehead atoms. The van der Waals surface area contributed by atoms with Gasteiger partial charge in [0, 0.05) is 17.1 Å². The molecule has 0 heterocycles. The Morgan fingerprint density at radius 1 is 0.500 bits per heavy atom. The SMILES string of the molecule is CC(O)c1ccc(-c2ccc(N(c3ccc(C(=O)O)cc3)c3ccc(-c4ccc(C(C)O)cc4)cc3)cc2)cc1. The smallest absolute Gasteiger partial charge is 0.335 e. The Morgan fingerprint density at radius 3 is 1.05 bits per heavy atom. The van der Waals surface area contributed by atoms with Crippen LogP contribution in [0.25, 0.3) is 22.3 Å². The number of benzene rings is 5. The van der Waals surface area contributed by atoms with E-state index >= 15 is 0 Å². The van der Waals surface area contributed by atoms with Crippen molar-refractivity contribution in [1.29, 1.82) is 0 Å². The third kappa shape index (κ3) is 5.81. The van der Waals surface area contributed by atoms with Gasteiger partial charge in [-0.1, -0.05) is 72.8 Å². The highest BCUT2D eigenvalue weighted by Gasteiger charge is 2.14. The van der Waals surface area contributed by atoms with E-state index in [-0.39, 0.29) is 5.56 Å². The quantitative estimate of drug-likeness (QED) is 0.188. The molecule has 5 rings (SSSR count). The summed E-state index contributed by atoms with van der Waals surface area (Å²) in [5.74, 6) is -0.963. The fourth-order valence-electron chi connectivity index (χ4n) is 4.71. The average molecular weight is 530 g/mol. The van der Waals surface area contributed by atoms with Crippen LogP contribution >= 0.6 is 0 Å². The Balaban J connectivity index is 1.49. The fourth-order valence-corrected chi connectivity index (χ4v) is 4.71. The topological polar surface area (TPSA) is 81.0 Å². The summed E-state index contributed by atoms with van der Waals surface area (Å²) in [7, 11) is 0. The van der Waals surface area contributed by atoms with Gasteiger partial charge >= 0.3 is 5.97 Å². The monoisotopic (exact) mass is 529 g/mol. The van der Waals surface area contributed by atoms with Gasteiger partial charge in [0.2, 0.25) is 0 Å². The first kappa shape index (κ1) is 26.9. The third-order valence-corrected chi connectivity index (χ3v) is 7.08. The predicted molar refractivity (Wildman–Crippen MR) is 160 cm³/mol. The molecule has 0 aromatic heterocycles. The van der Waals surface area contributed by atoms with Crippen LogP contribution in [0.5, 0.6) is 0 Å². The first-order valence-electron chi connectivity index (χ1n) is 13.2. The molecule has 0 radical (unpaired) electrons. The molecule has 2 unspecified atom stereocenters. The average Bonchev–Trinajstić information content (AvgIpc) is 2.98. The van der Waals surface area contributed by atoms with Gasteiger partial charge in [0.05, 0.1) is 17.8 Å². The molecular formula is C35H31NO4. The summed E-state index contributed by atoms with van der Waals surface area (Å²) >= 11 is 0. The molecule has 0 aliphatic rings. The van der Waals surface area contributed by atoms with Crippen LogP contribution in [0.4, 0.5) is 17.1 Å². The molecule has 0 aliphatic heterocycles. The Labute approximate surface area is 234 Å². The van der Waals surface area contributed by atoms with Crippen LogP contribution in [0, 0.1) is 0 Å². The maximum absolute atomic E-state index is 11.4. The number of carbonyl (C=O) groups is 1. The molecule has 5 nitrogen and oxygen atoms in total. The lowest BCUT2D eigenvalue weighted by Crippen LogP contribution is -2.10. The Morgan fingerprint density at radius 2 is 0.775 bits per heavy atom. The summed E-state index contributed by atoms with van der Waals surface area (Å²) in [6.07, 6.45) is -1.01. The molecule has 0 spiro atoms. The zero-order valence-corrected chi connectivity index (χ0v) is 22.4. The second-order valence-electron chi connectivity index (χ2n) is 9.88. The number of hydrogen-bond acceptors (Lipinski definition) is 4. The fraction of sp³-hybridized carbons (Fsp3) is 0.114. The summed E-state index contributed by atoms with van der Waals surface area (Å²) < 4.78 is 0. The van der Waals surface area contributed by atoms with E-state index in [4.69, 9.17) is 0 Å². The minimum Gasteiger partial charge on any atom is -0.478 e. The van der Waals surface area contributed by atoms with Gasteiger partial charge in [-0.05, 0) is 95.8 Å². The molecule has 5 aromatic carbocycles. The number of hydrogen-bond donors (Lipinski definition) is 3. The molecule has 0 saturated carbocycles. The molecule has 0 saturated heterocycles. The molecule has 40 heavy (non-hydrogen) atoms. The lowest BCUT2D eigenvalue weighted by Gasteiger charge is -2.26. The van der Waals surface area contributed by atoms with Gasteiger partial charge in [-0.2, -0.15) is 0 Å². The molecule has 2 atom stereocenters. The van der Waals surface area contributed by atoms with Crippen molar-refractivity contribution in [1.82, 2.24) is 0 Å². The van der Waals surface area contributed by atoms with E-state index in [0.717, 1.165) is 50.4 Å². The van der Waals surface area contributed by atoms with Crippen LogP contribution in [0.1, 0.15) is 47.5 Å².